The van der Waals surface area contributed by atoms with Gasteiger partial charge >= 0.3 is 5.97 Å². The van der Waals surface area contributed by atoms with Gasteiger partial charge in [-0.25, -0.2) is 4.79 Å². The number of pyridine rings is 1. The Kier molecular flexibility index (Phi) is 5.04. The molecule has 0 spiro atoms. The Morgan fingerprint density at radius 2 is 1.85 bits per heavy atom. The second-order valence-electron chi connectivity index (χ2n) is 5.76. The average Bonchev–Trinajstić information content (AvgIpc) is 2.60. The predicted octanol–water partition coefficient (Wildman–Crippen LogP) is 3.45. The van der Waals surface area contributed by atoms with Gasteiger partial charge in [-0.15, -0.1) is 0 Å². The zero-order chi connectivity index (χ0) is 18.7. The number of carboxylic acids is 1. The lowest BCUT2D eigenvalue weighted by atomic mass is 10.0. The third-order valence-corrected chi connectivity index (χ3v) is 4.13. The second kappa shape index (κ2) is 7.41. The van der Waals surface area contributed by atoms with Gasteiger partial charge in [-0.1, -0.05) is 29.8 Å². The van der Waals surface area contributed by atoms with Crippen LogP contribution in [0, 0.1) is 0 Å². The molecule has 0 radical (unpaired) electrons. The Morgan fingerprint density at radius 3 is 2.54 bits per heavy atom. The van der Waals surface area contributed by atoms with E-state index in [0.29, 0.717) is 33.6 Å². The van der Waals surface area contributed by atoms with Crippen molar-refractivity contribution >= 4 is 40.1 Å². The molecule has 7 heteroatoms. The summed E-state index contributed by atoms with van der Waals surface area (Å²) in [4.78, 5) is 37.8. The van der Waals surface area contributed by atoms with Crippen LogP contribution in [-0.4, -0.2) is 22.0 Å². The molecule has 0 fully saturated rings. The third-order valence-electron chi connectivity index (χ3n) is 3.91. The van der Waals surface area contributed by atoms with Crippen LogP contribution in [0.2, 0.25) is 5.02 Å². The first-order chi connectivity index (χ1) is 12.4. The van der Waals surface area contributed by atoms with Crippen LogP contribution >= 0.6 is 11.6 Å². The number of halogens is 1. The number of rotatable bonds is 5. The van der Waals surface area contributed by atoms with Crippen molar-refractivity contribution in [3.63, 3.8) is 0 Å². The number of para-hydroxylation sites is 1. The second-order valence-corrected chi connectivity index (χ2v) is 6.20. The van der Waals surface area contributed by atoms with Crippen molar-refractivity contribution in [3.05, 3.63) is 75.0 Å². The summed E-state index contributed by atoms with van der Waals surface area (Å²) in [5, 5.41) is 12.8. The van der Waals surface area contributed by atoms with Crippen LogP contribution in [0.4, 0.5) is 5.69 Å². The van der Waals surface area contributed by atoms with Gasteiger partial charge < -0.3 is 15.4 Å². The first-order valence-electron chi connectivity index (χ1n) is 7.87. The molecule has 0 atom stereocenters. The van der Waals surface area contributed by atoms with Crippen LogP contribution in [0.5, 0.6) is 0 Å². The van der Waals surface area contributed by atoms with Gasteiger partial charge in [-0.05, 0) is 42.3 Å². The lowest BCUT2D eigenvalue weighted by Crippen LogP contribution is -2.18. The summed E-state index contributed by atoms with van der Waals surface area (Å²) in [5.74, 6) is -1.48. The lowest BCUT2D eigenvalue weighted by molar-refractivity contribution is -0.116. The number of hydrogen-bond donors (Lipinski definition) is 3. The summed E-state index contributed by atoms with van der Waals surface area (Å²) in [5.41, 5.74) is 0.810. The summed E-state index contributed by atoms with van der Waals surface area (Å²) >= 11 is 6.10. The molecule has 3 aromatic rings. The quantitative estimate of drug-likeness (QED) is 0.640. The van der Waals surface area contributed by atoms with E-state index >= 15 is 0 Å². The van der Waals surface area contributed by atoms with Crippen molar-refractivity contribution in [1.82, 2.24) is 4.98 Å². The Labute approximate surface area is 153 Å². The number of H-pyrrole nitrogens is 1. The fraction of sp³-hybridized carbons (Fsp3) is 0.105. The number of aromatic nitrogens is 1. The topological polar surface area (TPSA) is 99.3 Å². The van der Waals surface area contributed by atoms with E-state index in [0.717, 1.165) is 0 Å². The number of amides is 1. The highest BCUT2D eigenvalue weighted by atomic mass is 35.5. The molecule has 2 aromatic carbocycles. The highest BCUT2D eigenvalue weighted by molar-refractivity contribution is 6.31. The van der Waals surface area contributed by atoms with Crippen LogP contribution in [0.25, 0.3) is 10.9 Å². The predicted molar refractivity (Wildman–Crippen MR) is 99.9 cm³/mol. The van der Waals surface area contributed by atoms with Gasteiger partial charge in [0.25, 0.3) is 5.56 Å². The highest BCUT2D eigenvalue weighted by Crippen LogP contribution is 2.23. The molecular weight excluding hydrogens is 356 g/mol. The maximum absolute atomic E-state index is 12.1. The van der Waals surface area contributed by atoms with E-state index in [2.05, 4.69) is 10.3 Å². The van der Waals surface area contributed by atoms with E-state index < -0.39 is 11.5 Å². The van der Waals surface area contributed by atoms with Gasteiger partial charge in [-0.3, -0.25) is 9.59 Å². The van der Waals surface area contributed by atoms with E-state index in [4.69, 9.17) is 16.7 Å². The van der Waals surface area contributed by atoms with Crippen LogP contribution in [-0.2, 0) is 11.2 Å². The molecule has 132 valence electrons. The standard InChI is InChI=1S/C19H15ClN2O4/c20-13-8-11(6-7-16(23)21-14-4-2-1-3-5-14)17-12(9-13)10-15(19(25)26)18(24)22-17/h1-5,8-10H,6-7H2,(H,21,23)(H,22,24)(H,25,26). The third kappa shape index (κ3) is 3.92. The van der Waals surface area contributed by atoms with Gasteiger partial charge in [0, 0.05) is 22.5 Å². The molecular formula is C19H15ClN2O4. The number of fused-ring (bicyclic) bond motifs is 1. The fourth-order valence-electron chi connectivity index (χ4n) is 2.70. The first kappa shape index (κ1) is 17.7. The number of nitrogens with one attached hydrogen (secondary N) is 2. The molecule has 1 aromatic heterocycles. The van der Waals surface area contributed by atoms with Gasteiger partial charge in [0.2, 0.25) is 5.91 Å². The van der Waals surface area contributed by atoms with Crippen LogP contribution in [0.1, 0.15) is 22.3 Å². The number of aromatic carboxylic acids is 1. The SMILES string of the molecule is O=C(CCc1cc(Cl)cc2cc(C(=O)O)c(=O)[nH]c12)Nc1ccccc1. The molecule has 0 bridgehead atoms. The van der Waals surface area contributed by atoms with Crippen molar-refractivity contribution in [2.75, 3.05) is 5.32 Å². The number of aryl methyl sites for hydroxylation is 1. The molecule has 3 N–H and O–H groups in total. The molecule has 3 rings (SSSR count). The number of hydrogen-bond acceptors (Lipinski definition) is 3. The Morgan fingerprint density at radius 1 is 1.12 bits per heavy atom. The number of carbonyl (C=O) groups is 2. The molecule has 0 saturated carbocycles. The van der Waals surface area contributed by atoms with Crippen molar-refractivity contribution < 1.29 is 14.7 Å². The fourth-order valence-corrected chi connectivity index (χ4v) is 2.95. The first-order valence-corrected chi connectivity index (χ1v) is 8.25. The summed E-state index contributed by atoms with van der Waals surface area (Å²) < 4.78 is 0. The van der Waals surface area contributed by atoms with Crippen molar-refractivity contribution in [3.8, 4) is 0 Å². The molecule has 0 aliphatic carbocycles. The van der Waals surface area contributed by atoms with Crippen LogP contribution in [0.15, 0.2) is 53.3 Å². The van der Waals surface area contributed by atoms with E-state index in [-0.39, 0.29) is 17.9 Å². The van der Waals surface area contributed by atoms with E-state index in [9.17, 15) is 14.4 Å². The Bertz CT molecular complexity index is 1040. The molecule has 1 amide bonds. The summed E-state index contributed by atoms with van der Waals surface area (Å²) in [6.45, 7) is 0. The average molecular weight is 371 g/mol. The lowest BCUT2D eigenvalue weighted by Gasteiger charge is -2.09. The van der Waals surface area contributed by atoms with E-state index in [1.807, 2.05) is 18.2 Å². The molecule has 26 heavy (non-hydrogen) atoms. The zero-order valence-corrected chi connectivity index (χ0v) is 14.3. The summed E-state index contributed by atoms with van der Waals surface area (Å²) in [6, 6.07) is 13.6. The Balaban J connectivity index is 1.85. The molecule has 0 saturated heterocycles. The summed E-state index contributed by atoms with van der Waals surface area (Å²) in [7, 11) is 0. The molecule has 0 aliphatic heterocycles. The van der Waals surface area contributed by atoms with Crippen molar-refractivity contribution in [1.29, 1.82) is 0 Å². The number of carbonyl (C=O) groups excluding carboxylic acids is 1. The van der Waals surface area contributed by atoms with E-state index in [1.165, 1.54) is 6.07 Å². The van der Waals surface area contributed by atoms with Crippen LogP contribution in [0.3, 0.4) is 0 Å². The van der Waals surface area contributed by atoms with Gasteiger partial charge in [-0.2, -0.15) is 0 Å². The monoisotopic (exact) mass is 370 g/mol. The largest absolute Gasteiger partial charge is 0.477 e. The minimum atomic E-state index is -1.31. The maximum atomic E-state index is 12.1. The number of anilines is 1. The number of aromatic amines is 1. The molecule has 0 aliphatic rings. The van der Waals surface area contributed by atoms with E-state index in [1.54, 1.807) is 24.3 Å². The Hall–Kier alpha value is -3.12. The van der Waals surface area contributed by atoms with Gasteiger partial charge in [0.1, 0.15) is 5.56 Å². The minimum Gasteiger partial charge on any atom is -0.477 e. The molecule has 1 heterocycles. The number of benzene rings is 2. The van der Waals surface area contributed by atoms with Crippen LogP contribution < -0.4 is 10.9 Å². The smallest absolute Gasteiger partial charge is 0.341 e. The highest BCUT2D eigenvalue weighted by Gasteiger charge is 2.13. The van der Waals surface area contributed by atoms with Crippen molar-refractivity contribution in [2.45, 2.75) is 12.8 Å². The zero-order valence-electron chi connectivity index (χ0n) is 13.6. The normalized spacial score (nSPS) is 10.7. The van der Waals surface area contributed by atoms with Gasteiger partial charge in [0.15, 0.2) is 0 Å². The maximum Gasteiger partial charge on any atom is 0.341 e. The van der Waals surface area contributed by atoms with Crippen molar-refractivity contribution in [2.24, 2.45) is 0 Å². The molecule has 0 unspecified atom stereocenters. The summed E-state index contributed by atoms with van der Waals surface area (Å²) in [6.07, 6.45) is 0.533. The minimum absolute atomic E-state index is 0.172. The molecule has 6 nitrogen and oxygen atoms in total. The van der Waals surface area contributed by atoms with Gasteiger partial charge in [0.05, 0.1) is 5.52 Å². The number of carboxylic acid groups (broad SMARTS) is 1.